The summed E-state index contributed by atoms with van der Waals surface area (Å²) in [6, 6.07) is 6.28. The molecule has 1 saturated carbocycles. The number of hydrogen-bond donors (Lipinski definition) is 1. The first kappa shape index (κ1) is 16.2. The highest BCUT2D eigenvalue weighted by Gasteiger charge is 2.29. The molecule has 1 saturated heterocycles. The summed E-state index contributed by atoms with van der Waals surface area (Å²) >= 11 is 0. The Morgan fingerprint density at radius 1 is 1.12 bits per heavy atom. The van der Waals surface area contributed by atoms with Crippen LogP contribution in [0.4, 0.5) is 11.6 Å². The molecule has 0 radical (unpaired) electrons. The molecule has 0 atom stereocenters. The molecular weight excluding hydrogens is 312 g/mol. The lowest BCUT2D eigenvalue weighted by Gasteiger charge is -2.40. The normalized spacial score (nSPS) is 18.1. The third kappa shape index (κ3) is 3.72. The highest BCUT2D eigenvalue weighted by molar-refractivity contribution is 5.42. The van der Waals surface area contributed by atoms with Gasteiger partial charge in [0.05, 0.1) is 5.69 Å². The molecule has 25 heavy (non-hydrogen) atoms. The lowest BCUT2D eigenvalue weighted by molar-refractivity contribution is 0.424. The van der Waals surface area contributed by atoms with E-state index in [1.807, 2.05) is 0 Å². The fourth-order valence-corrected chi connectivity index (χ4v) is 3.10. The predicted molar refractivity (Wildman–Crippen MR) is 98.9 cm³/mol. The number of hydrogen-bond acceptors (Lipinski definition) is 6. The van der Waals surface area contributed by atoms with Crippen molar-refractivity contribution in [1.29, 1.82) is 0 Å². The van der Waals surface area contributed by atoms with E-state index in [-0.39, 0.29) is 5.41 Å². The van der Waals surface area contributed by atoms with Gasteiger partial charge in [-0.2, -0.15) is 5.10 Å². The molecule has 2 fully saturated rings. The first-order valence-electron chi connectivity index (χ1n) is 9.14. The van der Waals surface area contributed by atoms with Gasteiger partial charge in [0, 0.05) is 48.6 Å². The van der Waals surface area contributed by atoms with Crippen molar-refractivity contribution in [1.82, 2.24) is 20.2 Å². The third-order valence-electron chi connectivity index (χ3n) is 4.96. The van der Waals surface area contributed by atoms with Gasteiger partial charge in [-0.1, -0.05) is 20.8 Å². The molecule has 0 aromatic carbocycles. The molecule has 6 heteroatoms. The Labute approximate surface area is 149 Å². The van der Waals surface area contributed by atoms with Crippen molar-refractivity contribution in [3.63, 3.8) is 0 Å². The molecule has 0 spiro atoms. The summed E-state index contributed by atoms with van der Waals surface area (Å²) in [7, 11) is 0. The van der Waals surface area contributed by atoms with Crippen LogP contribution in [-0.2, 0) is 5.41 Å². The zero-order valence-electron chi connectivity index (χ0n) is 15.2. The van der Waals surface area contributed by atoms with Crippen LogP contribution < -0.4 is 10.2 Å². The second-order valence-electron chi connectivity index (χ2n) is 8.28. The SMILES string of the molecule is CC(C)(C)c1ccc(N2CC(CNc3cc(C4CC4)ncn3)C2)nn1. The van der Waals surface area contributed by atoms with Crippen molar-refractivity contribution in [2.75, 3.05) is 29.9 Å². The average molecular weight is 338 g/mol. The minimum atomic E-state index is 0.0454. The Kier molecular flexibility index (Phi) is 4.06. The largest absolute Gasteiger partial charge is 0.370 e. The van der Waals surface area contributed by atoms with Crippen LogP contribution in [-0.4, -0.2) is 39.8 Å². The van der Waals surface area contributed by atoms with Gasteiger partial charge in [-0.05, 0) is 25.0 Å². The molecule has 1 N–H and O–H groups in total. The topological polar surface area (TPSA) is 66.8 Å². The molecule has 6 nitrogen and oxygen atoms in total. The van der Waals surface area contributed by atoms with Crippen LogP contribution in [0.5, 0.6) is 0 Å². The molecule has 0 bridgehead atoms. The summed E-state index contributed by atoms with van der Waals surface area (Å²) in [5.41, 5.74) is 2.26. The van der Waals surface area contributed by atoms with E-state index in [0.717, 1.165) is 37.0 Å². The summed E-state index contributed by atoms with van der Waals surface area (Å²) in [6.45, 7) is 9.43. The van der Waals surface area contributed by atoms with Crippen molar-refractivity contribution in [2.45, 2.75) is 44.9 Å². The molecule has 4 rings (SSSR count). The third-order valence-corrected chi connectivity index (χ3v) is 4.96. The first-order chi connectivity index (χ1) is 12.0. The first-order valence-corrected chi connectivity index (χ1v) is 9.14. The Hall–Kier alpha value is -2.24. The van der Waals surface area contributed by atoms with Gasteiger partial charge in [-0.3, -0.25) is 0 Å². The van der Waals surface area contributed by atoms with E-state index in [0.29, 0.717) is 11.8 Å². The summed E-state index contributed by atoms with van der Waals surface area (Å²) in [5, 5.41) is 12.2. The van der Waals surface area contributed by atoms with Crippen molar-refractivity contribution >= 4 is 11.6 Å². The van der Waals surface area contributed by atoms with E-state index in [1.165, 1.54) is 18.5 Å². The second kappa shape index (κ2) is 6.24. The quantitative estimate of drug-likeness (QED) is 0.904. The van der Waals surface area contributed by atoms with Gasteiger partial charge in [0.2, 0.25) is 0 Å². The Balaban J connectivity index is 1.27. The van der Waals surface area contributed by atoms with Crippen LogP contribution >= 0.6 is 0 Å². The standard InChI is InChI=1S/C19H26N6/c1-19(2,3)16-6-7-18(24-23-16)25-10-13(11-25)9-20-17-8-15(14-4-5-14)21-12-22-17/h6-8,12-14H,4-5,9-11H2,1-3H3,(H,20,21,22). The molecule has 1 aliphatic carbocycles. The lowest BCUT2D eigenvalue weighted by Crippen LogP contribution is -2.50. The number of nitrogens with one attached hydrogen (secondary N) is 1. The van der Waals surface area contributed by atoms with Crippen LogP contribution in [0.1, 0.15) is 50.9 Å². The Bertz CT molecular complexity index is 726. The van der Waals surface area contributed by atoms with Gasteiger partial charge >= 0.3 is 0 Å². The van der Waals surface area contributed by atoms with Crippen molar-refractivity contribution in [2.24, 2.45) is 5.92 Å². The van der Waals surface area contributed by atoms with Gasteiger partial charge in [0.15, 0.2) is 5.82 Å². The smallest absolute Gasteiger partial charge is 0.151 e. The highest BCUT2D eigenvalue weighted by atomic mass is 15.3. The molecule has 3 heterocycles. The predicted octanol–water partition coefficient (Wildman–Crippen LogP) is 2.99. The van der Waals surface area contributed by atoms with E-state index in [9.17, 15) is 0 Å². The van der Waals surface area contributed by atoms with E-state index in [1.54, 1.807) is 6.33 Å². The van der Waals surface area contributed by atoms with Crippen LogP contribution in [0.3, 0.4) is 0 Å². The molecule has 1 aliphatic heterocycles. The minimum absolute atomic E-state index is 0.0454. The van der Waals surface area contributed by atoms with E-state index < -0.39 is 0 Å². The van der Waals surface area contributed by atoms with Crippen molar-refractivity contribution in [3.05, 3.63) is 35.9 Å². The van der Waals surface area contributed by atoms with E-state index in [4.69, 9.17) is 0 Å². The minimum Gasteiger partial charge on any atom is -0.370 e. The molecule has 2 aliphatic rings. The fraction of sp³-hybridized carbons (Fsp3) is 0.579. The van der Waals surface area contributed by atoms with Crippen molar-refractivity contribution in [3.8, 4) is 0 Å². The van der Waals surface area contributed by atoms with E-state index >= 15 is 0 Å². The van der Waals surface area contributed by atoms with Crippen LogP contribution in [0.25, 0.3) is 0 Å². The van der Waals surface area contributed by atoms with Gasteiger partial charge < -0.3 is 10.2 Å². The van der Waals surface area contributed by atoms with Gasteiger partial charge in [-0.25, -0.2) is 9.97 Å². The molecule has 132 valence electrons. The molecule has 2 aromatic heterocycles. The molecule has 2 aromatic rings. The monoisotopic (exact) mass is 338 g/mol. The number of nitrogens with zero attached hydrogens (tertiary/aromatic N) is 5. The average Bonchev–Trinajstić information content (AvgIpc) is 3.38. The fourth-order valence-electron chi connectivity index (χ4n) is 3.10. The molecular formula is C19H26N6. The summed E-state index contributed by atoms with van der Waals surface area (Å²) in [5.74, 6) is 3.20. The Morgan fingerprint density at radius 3 is 2.56 bits per heavy atom. The van der Waals surface area contributed by atoms with Crippen LogP contribution in [0, 0.1) is 5.92 Å². The van der Waals surface area contributed by atoms with Crippen LogP contribution in [0.15, 0.2) is 24.5 Å². The Morgan fingerprint density at radius 2 is 1.92 bits per heavy atom. The maximum absolute atomic E-state index is 4.39. The zero-order valence-corrected chi connectivity index (χ0v) is 15.2. The lowest BCUT2D eigenvalue weighted by atomic mass is 9.92. The summed E-state index contributed by atoms with van der Waals surface area (Å²) in [6.07, 6.45) is 4.21. The maximum atomic E-state index is 4.39. The molecule has 0 amide bonds. The summed E-state index contributed by atoms with van der Waals surface area (Å²) < 4.78 is 0. The van der Waals surface area contributed by atoms with Gasteiger partial charge in [-0.15, -0.1) is 5.10 Å². The molecule has 0 unspecified atom stereocenters. The van der Waals surface area contributed by atoms with Gasteiger partial charge in [0.25, 0.3) is 0 Å². The van der Waals surface area contributed by atoms with Crippen LogP contribution in [0.2, 0.25) is 0 Å². The zero-order chi connectivity index (χ0) is 17.4. The van der Waals surface area contributed by atoms with E-state index in [2.05, 4.69) is 69.4 Å². The summed E-state index contributed by atoms with van der Waals surface area (Å²) in [4.78, 5) is 11.0. The second-order valence-corrected chi connectivity index (χ2v) is 8.28. The number of aromatic nitrogens is 4. The van der Waals surface area contributed by atoms with Crippen molar-refractivity contribution < 1.29 is 0 Å². The highest BCUT2D eigenvalue weighted by Crippen LogP contribution is 2.39. The number of rotatable bonds is 5. The van der Waals surface area contributed by atoms with Gasteiger partial charge in [0.1, 0.15) is 12.1 Å². The number of anilines is 2. The maximum Gasteiger partial charge on any atom is 0.151 e.